The number of nitrogens with one attached hydrogen (secondary N) is 1. The zero-order chi connectivity index (χ0) is 14.0. The van der Waals surface area contributed by atoms with E-state index in [1.54, 1.807) is 0 Å². The second-order valence-electron chi connectivity index (χ2n) is 3.96. The molecule has 0 amide bonds. The Bertz CT molecular complexity index is 546. The Morgan fingerprint density at radius 3 is 2.26 bits per heavy atom. The van der Waals surface area contributed by atoms with Crippen molar-refractivity contribution < 1.29 is 8.78 Å². The molecule has 0 aliphatic carbocycles. The van der Waals surface area contributed by atoms with E-state index in [0.717, 1.165) is 19.2 Å². The maximum Gasteiger partial charge on any atom is 0.126 e. The molecule has 1 heterocycles. The maximum absolute atomic E-state index is 13.3. The Morgan fingerprint density at radius 2 is 1.79 bits per heavy atom. The van der Waals surface area contributed by atoms with Crippen LogP contribution in [0.15, 0.2) is 32.5 Å². The number of hydrogen-bond acceptors (Lipinski definition) is 2. The lowest BCUT2D eigenvalue weighted by molar-refractivity contribution is 0.567. The monoisotopic (exact) mass is 409 g/mol. The average molecular weight is 411 g/mol. The fourth-order valence-electron chi connectivity index (χ4n) is 1.83. The van der Waals surface area contributed by atoms with Gasteiger partial charge in [0.1, 0.15) is 11.6 Å². The van der Waals surface area contributed by atoms with E-state index in [2.05, 4.69) is 37.2 Å². The third-order valence-electron chi connectivity index (χ3n) is 2.58. The molecule has 1 N–H and O–H groups in total. The molecule has 19 heavy (non-hydrogen) atoms. The molecular weight excluding hydrogens is 400 g/mol. The lowest BCUT2D eigenvalue weighted by Gasteiger charge is -2.17. The van der Waals surface area contributed by atoms with E-state index in [9.17, 15) is 8.78 Å². The van der Waals surface area contributed by atoms with Gasteiger partial charge in [-0.1, -0.05) is 6.92 Å². The number of thiophene rings is 1. The zero-order valence-corrected chi connectivity index (χ0v) is 14.0. The van der Waals surface area contributed by atoms with Crippen molar-refractivity contribution in [2.24, 2.45) is 0 Å². The predicted octanol–water partition coefficient (Wildman–Crippen LogP) is 5.25. The smallest absolute Gasteiger partial charge is 0.126 e. The van der Waals surface area contributed by atoms with Crippen LogP contribution in [0.1, 0.15) is 23.4 Å². The van der Waals surface area contributed by atoms with Crippen molar-refractivity contribution in [1.82, 2.24) is 5.32 Å². The van der Waals surface area contributed by atoms with Crippen LogP contribution in [-0.4, -0.2) is 6.54 Å². The van der Waals surface area contributed by atoms with Crippen molar-refractivity contribution in [3.05, 3.63) is 54.6 Å². The van der Waals surface area contributed by atoms with Crippen molar-refractivity contribution in [2.45, 2.75) is 13.0 Å². The van der Waals surface area contributed by atoms with E-state index in [1.807, 2.05) is 13.0 Å². The second kappa shape index (κ2) is 6.43. The summed E-state index contributed by atoms with van der Waals surface area (Å²) < 4.78 is 28.6. The summed E-state index contributed by atoms with van der Waals surface area (Å²) in [6, 6.07) is 5.33. The van der Waals surface area contributed by atoms with Gasteiger partial charge in [0.2, 0.25) is 0 Å². The van der Waals surface area contributed by atoms with Gasteiger partial charge in [0.05, 0.1) is 9.83 Å². The van der Waals surface area contributed by atoms with Gasteiger partial charge < -0.3 is 5.32 Å². The standard InChI is InChI=1S/C13H11Br2F2NS/c1-2-18-12(11-6-10(14)13(15)19-11)7-3-8(16)5-9(17)4-7/h3-6,12,18H,2H2,1H3. The summed E-state index contributed by atoms with van der Waals surface area (Å²) in [6.07, 6.45) is 0. The van der Waals surface area contributed by atoms with Crippen LogP contribution in [0.4, 0.5) is 8.78 Å². The van der Waals surface area contributed by atoms with Crippen LogP contribution in [0, 0.1) is 11.6 Å². The van der Waals surface area contributed by atoms with E-state index in [-0.39, 0.29) is 6.04 Å². The molecule has 1 nitrogen and oxygen atoms in total. The van der Waals surface area contributed by atoms with E-state index >= 15 is 0 Å². The molecule has 0 spiro atoms. The topological polar surface area (TPSA) is 12.0 Å². The van der Waals surface area contributed by atoms with Crippen molar-refractivity contribution >= 4 is 43.2 Å². The fraction of sp³-hybridized carbons (Fsp3) is 0.231. The molecule has 1 aromatic heterocycles. The summed E-state index contributed by atoms with van der Waals surface area (Å²) in [5.74, 6) is -1.12. The summed E-state index contributed by atoms with van der Waals surface area (Å²) in [4.78, 5) is 0.991. The first-order valence-corrected chi connectivity index (χ1v) is 8.05. The molecule has 0 saturated heterocycles. The summed E-state index contributed by atoms with van der Waals surface area (Å²) in [7, 11) is 0. The Kier molecular flexibility index (Phi) is 5.11. The minimum Gasteiger partial charge on any atom is -0.306 e. The quantitative estimate of drug-likeness (QED) is 0.725. The molecule has 1 atom stereocenters. The van der Waals surface area contributed by atoms with Crippen molar-refractivity contribution in [2.75, 3.05) is 6.54 Å². The van der Waals surface area contributed by atoms with Crippen LogP contribution in [0.3, 0.4) is 0 Å². The zero-order valence-electron chi connectivity index (χ0n) is 10.0. The van der Waals surface area contributed by atoms with Gasteiger partial charge in [-0.3, -0.25) is 0 Å². The second-order valence-corrected chi connectivity index (χ2v) is 7.22. The average Bonchev–Trinajstić information content (AvgIpc) is 2.65. The van der Waals surface area contributed by atoms with Gasteiger partial charge in [-0.25, -0.2) is 8.78 Å². The normalized spacial score (nSPS) is 12.7. The molecule has 6 heteroatoms. The maximum atomic E-state index is 13.3. The summed E-state index contributed by atoms with van der Waals surface area (Å²) in [6.45, 7) is 2.66. The van der Waals surface area contributed by atoms with E-state index < -0.39 is 11.6 Å². The molecule has 0 aliphatic heterocycles. The third kappa shape index (κ3) is 3.62. The van der Waals surface area contributed by atoms with Crippen LogP contribution in [0.2, 0.25) is 0 Å². The van der Waals surface area contributed by atoms with E-state index in [0.29, 0.717) is 12.1 Å². The summed E-state index contributed by atoms with van der Waals surface area (Å²) >= 11 is 8.39. The molecule has 2 aromatic rings. The van der Waals surface area contributed by atoms with E-state index in [1.165, 1.54) is 23.5 Å². The van der Waals surface area contributed by atoms with Gasteiger partial charge >= 0.3 is 0 Å². The third-order valence-corrected chi connectivity index (χ3v) is 5.90. The number of benzene rings is 1. The molecular formula is C13H11Br2F2NS. The Labute approximate surface area is 131 Å². The Morgan fingerprint density at radius 1 is 1.16 bits per heavy atom. The van der Waals surface area contributed by atoms with E-state index in [4.69, 9.17) is 0 Å². The lowest BCUT2D eigenvalue weighted by atomic mass is 10.0. The molecule has 0 radical (unpaired) electrons. The Balaban J connectivity index is 2.44. The molecule has 0 aliphatic rings. The van der Waals surface area contributed by atoms with Crippen LogP contribution in [0.5, 0.6) is 0 Å². The minimum absolute atomic E-state index is 0.220. The number of hydrogen-bond donors (Lipinski definition) is 1. The highest BCUT2D eigenvalue weighted by molar-refractivity contribution is 9.13. The van der Waals surface area contributed by atoms with Crippen LogP contribution >= 0.6 is 43.2 Å². The first kappa shape index (κ1) is 15.1. The molecule has 0 saturated carbocycles. The van der Waals surface area contributed by atoms with Crippen molar-refractivity contribution in [3.63, 3.8) is 0 Å². The van der Waals surface area contributed by atoms with Crippen LogP contribution in [0.25, 0.3) is 0 Å². The molecule has 1 unspecified atom stereocenters. The molecule has 0 fully saturated rings. The van der Waals surface area contributed by atoms with Gasteiger partial charge in [-0.15, -0.1) is 11.3 Å². The predicted molar refractivity (Wildman–Crippen MR) is 81.6 cm³/mol. The lowest BCUT2D eigenvalue weighted by Crippen LogP contribution is -2.21. The largest absolute Gasteiger partial charge is 0.306 e. The van der Waals surface area contributed by atoms with Crippen LogP contribution in [-0.2, 0) is 0 Å². The van der Waals surface area contributed by atoms with Crippen molar-refractivity contribution in [3.8, 4) is 0 Å². The van der Waals surface area contributed by atoms with Gasteiger partial charge in [-0.05, 0) is 62.2 Å². The highest BCUT2D eigenvalue weighted by atomic mass is 79.9. The van der Waals surface area contributed by atoms with Gasteiger partial charge in [-0.2, -0.15) is 0 Å². The SMILES string of the molecule is CCNC(c1cc(F)cc(F)c1)c1cc(Br)c(Br)s1. The minimum atomic E-state index is -0.562. The first-order valence-electron chi connectivity index (χ1n) is 5.65. The molecule has 1 aromatic carbocycles. The fourth-order valence-corrected chi connectivity index (χ4v) is 4.03. The van der Waals surface area contributed by atoms with Gasteiger partial charge in [0, 0.05) is 15.4 Å². The summed E-state index contributed by atoms with van der Waals surface area (Å²) in [5, 5.41) is 3.25. The molecule has 102 valence electrons. The van der Waals surface area contributed by atoms with Gasteiger partial charge in [0.25, 0.3) is 0 Å². The molecule has 2 rings (SSSR count). The number of rotatable bonds is 4. The number of halogens is 4. The first-order chi connectivity index (χ1) is 9.01. The summed E-state index contributed by atoms with van der Waals surface area (Å²) in [5.41, 5.74) is 0.584. The highest BCUT2D eigenvalue weighted by Gasteiger charge is 2.18. The molecule has 0 bridgehead atoms. The van der Waals surface area contributed by atoms with Gasteiger partial charge in [0.15, 0.2) is 0 Å². The van der Waals surface area contributed by atoms with Crippen LogP contribution < -0.4 is 5.32 Å². The van der Waals surface area contributed by atoms with Crippen molar-refractivity contribution in [1.29, 1.82) is 0 Å². The highest BCUT2D eigenvalue weighted by Crippen LogP contribution is 2.37. The Hall–Kier alpha value is -0.300.